The zero-order valence-electron chi connectivity index (χ0n) is 17.0. The fourth-order valence-corrected chi connectivity index (χ4v) is 6.12. The maximum Gasteiger partial charge on any atom is 0.0540 e. The monoisotopic (exact) mass is 393 g/mol. The second kappa shape index (κ2) is 5.44. The van der Waals surface area contributed by atoms with E-state index in [0.29, 0.717) is 0 Å². The van der Waals surface area contributed by atoms with Gasteiger partial charge in [0.2, 0.25) is 0 Å². The zero-order valence-corrected chi connectivity index (χ0v) is 17.0. The molecular formula is C30H19N. The molecule has 8 rings (SSSR count). The molecule has 144 valence electrons. The largest absolute Gasteiger partial charge is 0.316 e. The van der Waals surface area contributed by atoms with Crippen LogP contribution in [0.15, 0.2) is 91.1 Å². The van der Waals surface area contributed by atoms with Crippen LogP contribution in [-0.2, 0) is 12.8 Å². The molecule has 0 bridgehead atoms. The zero-order chi connectivity index (χ0) is 20.1. The minimum Gasteiger partial charge on any atom is -0.316 e. The van der Waals surface area contributed by atoms with Gasteiger partial charge < -0.3 is 4.40 Å². The van der Waals surface area contributed by atoms with E-state index in [4.69, 9.17) is 0 Å². The molecule has 0 saturated heterocycles. The van der Waals surface area contributed by atoms with Crippen molar-refractivity contribution in [1.29, 1.82) is 0 Å². The van der Waals surface area contributed by atoms with Crippen LogP contribution in [0.4, 0.5) is 0 Å². The van der Waals surface area contributed by atoms with E-state index in [1.165, 1.54) is 71.7 Å². The fraction of sp³-hybridized carbons (Fsp3) is 0.0667. The SMILES string of the molecule is c1ccc2c(c1)Cc1cc3c4c5c(ccc4c4cccn4c3cc1-2)-c1ccccc1C5. The lowest BCUT2D eigenvalue weighted by Crippen LogP contribution is -1.95. The van der Waals surface area contributed by atoms with Crippen LogP contribution in [0.5, 0.6) is 0 Å². The topological polar surface area (TPSA) is 4.41 Å². The number of hydrogen-bond acceptors (Lipinski definition) is 0. The Morgan fingerprint density at radius 3 is 2.16 bits per heavy atom. The van der Waals surface area contributed by atoms with Crippen molar-refractivity contribution in [1.82, 2.24) is 4.40 Å². The van der Waals surface area contributed by atoms with Crippen LogP contribution < -0.4 is 0 Å². The van der Waals surface area contributed by atoms with E-state index in [0.717, 1.165) is 12.8 Å². The van der Waals surface area contributed by atoms with Gasteiger partial charge >= 0.3 is 0 Å². The van der Waals surface area contributed by atoms with Crippen LogP contribution >= 0.6 is 0 Å². The highest BCUT2D eigenvalue weighted by molar-refractivity contribution is 6.17. The highest BCUT2D eigenvalue weighted by Crippen LogP contribution is 2.46. The highest BCUT2D eigenvalue weighted by atomic mass is 14.9. The van der Waals surface area contributed by atoms with Gasteiger partial charge in [-0.25, -0.2) is 0 Å². The molecule has 0 fully saturated rings. The quantitative estimate of drug-likeness (QED) is 0.237. The van der Waals surface area contributed by atoms with Gasteiger partial charge in [-0.2, -0.15) is 0 Å². The van der Waals surface area contributed by atoms with Crippen molar-refractivity contribution in [2.24, 2.45) is 0 Å². The Labute approximate surface area is 180 Å². The van der Waals surface area contributed by atoms with Crippen molar-refractivity contribution in [2.45, 2.75) is 12.8 Å². The Balaban J connectivity index is 1.56. The molecule has 0 aliphatic heterocycles. The molecule has 0 atom stereocenters. The predicted octanol–water partition coefficient (Wildman–Crippen LogP) is 7.39. The molecule has 2 heterocycles. The molecule has 31 heavy (non-hydrogen) atoms. The standard InChI is InChI=1S/C30H19N/c1-4-9-22-18(6-1)14-20-16-27-29(17-25(20)22)31-13-5-10-28(31)24-12-11-23-21-8-3-2-7-19(21)15-26(23)30(24)27/h1-13,16-17H,14-15H2. The first kappa shape index (κ1) is 15.9. The molecule has 0 amide bonds. The third kappa shape index (κ3) is 1.92. The normalized spacial score (nSPS) is 13.5. The Morgan fingerprint density at radius 1 is 0.516 bits per heavy atom. The van der Waals surface area contributed by atoms with Crippen LogP contribution in [-0.4, -0.2) is 4.40 Å². The van der Waals surface area contributed by atoms with E-state index >= 15 is 0 Å². The summed E-state index contributed by atoms with van der Waals surface area (Å²) in [4.78, 5) is 0. The molecule has 0 saturated carbocycles. The number of pyridine rings is 1. The van der Waals surface area contributed by atoms with Crippen molar-refractivity contribution < 1.29 is 0 Å². The van der Waals surface area contributed by atoms with Gasteiger partial charge in [-0.3, -0.25) is 0 Å². The van der Waals surface area contributed by atoms with Gasteiger partial charge in [0.15, 0.2) is 0 Å². The number of nitrogens with zero attached hydrogens (tertiary/aromatic N) is 1. The summed E-state index contributed by atoms with van der Waals surface area (Å²) in [5.41, 5.74) is 14.0. The Morgan fingerprint density at radius 2 is 1.29 bits per heavy atom. The maximum absolute atomic E-state index is 2.48. The highest BCUT2D eigenvalue weighted by Gasteiger charge is 2.25. The molecule has 0 unspecified atom stereocenters. The summed E-state index contributed by atoms with van der Waals surface area (Å²) in [6.07, 6.45) is 4.26. The summed E-state index contributed by atoms with van der Waals surface area (Å²) in [6.45, 7) is 0. The maximum atomic E-state index is 2.48. The molecule has 0 radical (unpaired) electrons. The molecule has 2 aromatic heterocycles. The van der Waals surface area contributed by atoms with Gasteiger partial charge in [0.25, 0.3) is 0 Å². The van der Waals surface area contributed by atoms with Gasteiger partial charge in [0.1, 0.15) is 0 Å². The molecule has 1 heteroatoms. The van der Waals surface area contributed by atoms with Crippen LogP contribution in [0.25, 0.3) is 49.4 Å². The first-order valence-electron chi connectivity index (χ1n) is 11.0. The Hall–Kier alpha value is -3.84. The van der Waals surface area contributed by atoms with Crippen molar-refractivity contribution in [3.8, 4) is 22.3 Å². The second-order valence-electron chi connectivity index (χ2n) is 8.97. The van der Waals surface area contributed by atoms with E-state index in [1.54, 1.807) is 0 Å². The third-order valence-electron chi connectivity index (χ3n) is 7.45. The van der Waals surface area contributed by atoms with E-state index in [-0.39, 0.29) is 0 Å². The van der Waals surface area contributed by atoms with Gasteiger partial charge in [-0.15, -0.1) is 0 Å². The van der Waals surface area contributed by atoms with E-state index in [2.05, 4.69) is 95.5 Å². The lowest BCUT2D eigenvalue weighted by molar-refractivity contribution is 1.25. The Bertz CT molecular complexity index is 1730. The first-order chi connectivity index (χ1) is 15.4. The van der Waals surface area contributed by atoms with Crippen LogP contribution in [0.1, 0.15) is 22.3 Å². The number of fused-ring (bicyclic) bond motifs is 13. The molecule has 2 aliphatic rings. The number of rotatable bonds is 0. The van der Waals surface area contributed by atoms with E-state index in [1.807, 2.05) is 0 Å². The van der Waals surface area contributed by atoms with Crippen LogP contribution in [0.3, 0.4) is 0 Å². The predicted molar refractivity (Wildman–Crippen MR) is 129 cm³/mol. The summed E-state index contributed by atoms with van der Waals surface area (Å²) >= 11 is 0. The fourth-order valence-electron chi connectivity index (χ4n) is 6.12. The Kier molecular flexibility index (Phi) is 2.80. The molecule has 1 nitrogen and oxygen atoms in total. The minimum atomic E-state index is 1.02. The molecule has 0 N–H and O–H groups in total. The lowest BCUT2D eigenvalue weighted by Gasteiger charge is -2.15. The van der Waals surface area contributed by atoms with Gasteiger partial charge in [0.05, 0.1) is 11.0 Å². The van der Waals surface area contributed by atoms with E-state index < -0.39 is 0 Å². The summed E-state index contributed by atoms with van der Waals surface area (Å²) in [6, 6.07) is 31.8. The average Bonchev–Trinajstić information content (AvgIpc) is 3.52. The summed E-state index contributed by atoms with van der Waals surface area (Å²) in [5.74, 6) is 0. The number of benzene rings is 4. The van der Waals surface area contributed by atoms with Gasteiger partial charge in [0, 0.05) is 17.0 Å². The molecular weight excluding hydrogens is 374 g/mol. The summed E-state index contributed by atoms with van der Waals surface area (Å²) < 4.78 is 2.38. The van der Waals surface area contributed by atoms with Gasteiger partial charge in [-0.1, -0.05) is 60.7 Å². The van der Waals surface area contributed by atoms with Crippen molar-refractivity contribution in [3.05, 3.63) is 113 Å². The second-order valence-corrected chi connectivity index (χ2v) is 8.97. The molecule has 4 aromatic carbocycles. The first-order valence-corrected chi connectivity index (χ1v) is 11.0. The molecule has 2 aliphatic carbocycles. The van der Waals surface area contributed by atoms with Crippen LogP contribution in [0, 0.1) is 0 Å². The summed E-state index contributed by atoms with van der Waals surface area (Å²) in [5, 5.41) is 4.18. The lowest BCUT2D eigenvalue weighted by atomic mass is 9.93. The number of aromatic nitrogens is 1. The molecule has 0 spiro atoms. The smallest absolute Gasteiger partial charge is 0.0540 e. The summed E-state index contributed by atoms with van der Waals surface area (Å²) in [7, 11) is 0. The third-order valence-corrected chi connectivity index (χ3v) is 7.45. The molecule has 6 aromatic rings. The van der Waals surface area contributed by atoms with Crippen LogP contribution in [0.2, 0.25) is 0 Å². The average molecular weight is 393 g/mol. The van der Waals surface area contributed by atoms with Crippen molar-refractivity contribution >= 4 is 27.2 Å². The van der Waals surface area contributed by atoms with Crippen molar-refractivity contribution in [3.63, 3.8) is 0 Å². The minimum absolute atomic E-state index is 1.02. The van der Waals surface area contributed by atoms with E-state index in [9.17, 15) is 0 Å². The number of hydrogen-bond donors (Lipinski definition) is 0. The van der Waals surface area contributed by atoms with Crippen molar-refractivity contribution in [2.75, 3.05) is 0 Å². The van der Waals surface area contributed by atoms with Gasteiger partial charge in [-0.05, 0) is 87.0 Å².